The first-order valence-corrected chi connectivity index (χ1v) is 8.40. The van der Waals surface area contributed by atoms with Crippen molar-refractivity contribution in [1.29, 1.82) is 0 Å². The predicted molar refractivity (Wildman–Crippen MR) is 96.4 cm³/mol. The van der Waals surface area contributed by atoms with Crippen LogP contribution in [0.3, 0.4) is 0 Å². The summed E-state index contributed by atoms with van der Waals surface area (Å²) < 4.78 is 38.2. The van der Waals surface area contributed by atoms with Crippen LogP contribution in [0, 0.1) is 10.1 Å². The van der Waals surface area contributed by atoms with E-state index in [4.69, 9.17) is 5.73 Å². The smallest absolute Gasteiger partial charge is 0.351 e. The molecule has 0 unspecified atom stereocenters. The second-order valence-corrected chi connectivity index (χ2v) is 6.38. The number of urea groups is 1. The van der Waals surface area contributed by atoms with Gasteiger partial charge in [-0.3, -0.25) is 19.8 Å². The van der Waals surface area contributed by atoms with Crippen LogP contribution in [0.15, 0.2) is 42.5 Å². The molecular weight excluding hydrogens is 393 g/mol. The molecule has 2 aromatic carbocycles. The van der Waals surface area contributed by atoms with Crippen molar-refractivity contribution >= 4 is 29.0 Å². The van der Waals surface area contributed by atoms with E-state index in [9.17, 15) is 32.9 Å². The van der Waals surface area contributed by atoms with Crippen LogP contribution in [0.2, 0.25) is 0 Å². The highest BCUT2D eigenvalue weighted by molar-refractivity contribution is 5.98. The molecule has 3 rings (SSSR count). The van der Waals surface area contributed by atoms with Crippen LogP contribution in [-0.4, -0.2) is 34.5 Å². The topological polar surface area (TPSA) is 110 Å². The molecule has 0 saturated heterocycles. The Morgan fingerprint density at radius 1 is 1.10 bits per heavy atom. The van der Waals surface area contributed by atoms with Crippen LogP contribution in [0.1, 0.15) is 11.1 Å². The first kappa shape index (κ1) is 20.1. The zero-order valence-corrected chi connectivity index (χ0v) is 14.8. The highest BCUT2D eigenvalue weighted by Gasteiger charge is 2.43. The number of benzene rings is 2. The Kier molecular flexibility index (Phi) is 5.14. The molecule has 0 radical (unpaired) electrons. The molecule has 0 bridgehead atoms. The Labute approximate surface area is 162 Å². The van der Waals surface area contributed by atoms with Crippen LogP contribution < -0.4 is 10.6 Å². The van der Waals surface area contributed by atoms with E-state index in [1.165, 1.54) is 24.3 Å². The summed E-state index contributed by atoms with van der Waals surface area (Å²) >= 11 is 0. The standard InChI is InChI=1S/C18H15F3N4O4/c19-18(20,21)16(26)23-7-6-11-4-5-14(8-12(11)10-23)24(17(22)27)13-2-1-3-15(9-13)25(28)29/h1-5,8-9H,6-7,10H2,(H2,22,27). The quantitative estimate of drug-likeness (QED) is 0.621. The number of non-ortho nitro benzene ring substituents is 1. The number of carbonyl (C=O) groups excluding carboxylic acids is 2. The van der Waals surface area contributed by atoms with Crippen molar-refractivity contribution in [2.75, 3.05) is 11.4 Å². The number of nitro benzene ring substituents is 1. The van der Waals surface area contributed by atoms with Crippen molar-refractivity contribution in [3.8, 4) is 0 Å². The third-order valence-electron chi connectivity index (χ3n) is 4.51. The van der Waals surface area contributed by atoms with E-state index in [0.717, 1.165) is 16.5 Å². The number of amides is 3. The number of anilines is 2. The lowest BCUT2D eigenvalue weighted by molar-refractivity contribution is -0.384. The Hall–Kier alpha value is -3.63. The van der Waals surface area contributed by atoms with Crippen LogP contribution in [0.25, 0.3) is 0 Å². The summed E-state index contributed by atoms with van der Waals surface area (Å²) in [5, 5.41) is 11.0. The third-order valence-corrected chi connectivity index (χ3v) is 4.51. The van der Waals surface area contributed by atoms with E-state index in [0.29, 0.717) is 10.5 Å². The van der Waals surface area contributed by atoms with Crippen LogP contribution >= 0.6 is 0 Å². The SMILES string of the molecule is NC(=O)N(c1cccc([N+](=O)[O-])c1)c1ccc2c(c1)CN(C(=O)C(F)(F)F)CC2. The number of carbonyl (C=O) groups is 2. The summed E-state index contributed by atoms with van der Waals surface area (Å²) in [6, 6.07) is 8.93. The molecule has 1 heterocycles. The molecule has 3 amide bonds. The molecule has 0 spiro atoms. The Morgan fingerprint density at radius 2 is 1.79 bits per heavy atom. The minimum Gasteiger partial charge on any atom is -0.351 e. The summed E-state index contributed by atoms with van der Waals surface area (Å²) in [5.41, 5.74) is 6.71. The maximum Gasteiger partial charge on any atom is 0.471 e. The van der Waals surface area contributed by atoms with Gasteiger partial charge in [0, 0.05) is 25.2 Å². The molecule has 0 fully saturated rings. The molecule has 1 aliphatic heterocycles. The van der Waals surface area contributed by atoms with Crippen LogP contribution in [0.4, 0.5) is 35.0 Å². The van der Waals surface area contributed by atoms with E-state index in [1.54, 1.807) is 12.1 Å². The third kappa shape index (κ3) is 4.13. The van der Waals surface area contributed by atoms with E-state index in [1.807, 2.05) is 0 Å². The summed E-state index contributed by atoms with van der Waals surface area (Å²) in [6.45, 7) is -0.349. The van der Waals surface area contributed by atoms with Gasteiger partial charge < -0.3 is 10.6 Å². The summed E-state index contributed by atoms with van der Waals surface area (Å²) in [4.78, 5) is 35.6. The first-order chi connectivity index (χ1) is 13.6. The van der Waals surface area contributed by atoms with Crippen molar-refractivity contribution in [1.82, 2.24) is 4.90 Å². The Balaban J connectivity index is 1.97. The lowest BCUT2D eigenvalue weighted by Gasteiger charge is -2.30. The van der Waals surface area contributed by atoms with Crippen LogP contribution in [-0.2, 0) is 17.8 Å². The zero-order valence-electron chi connectivity index (χ0n) is 14.8. The van der Waals surface area contributed by atoms with E-state index in [-0.39, 0.29) is 36.6 Å². The second-order valence-electron chi connectivity index (χ2n) is 6.38. The van der Waals surface area contributed by atoms with Gasteiger partial charge in [-0.05, 0) is 35.7 Å². The maximum atomic E-state index is 12.7. The van der Waals surface area contributed by atoms with Gasteiger partial charge in [0.15, 0.2) is 0 Å². The summed E-state index contributed by atoms with van der Waals surface area (Å²) in [6.07, 6.45) is -4.75. The van der Waals surface area contributed by atoms with Crippen LogP contribution in [0.5, 0.6) is 0 Å². The highest BCUT2D eigenvalue weighted by Crippen LogP contribution is 2.32. The Bertz CT molecular complexity index is 993. The van der Waals surface area contributed by atoms with E-state index < -0.39 is 23.0 Å². The number of nitrogens with zero attached hydrogens (tertiary/aromatic N) is 3. The fourth-order valence-corrected chi connectivity index (χ4v) is 3.18. The fraction of sp³-hybridized carbons (Fsp3) is 0.222. The van der Waals surface area contributed by atoms with Gasteiger partial charge in [-0.1, -0.05) is 12.1 Å². The molecule has 0 aromatic heterocycles. The average Bonchev–Trinajstić information content (AvgIpc) is 2.66. The second kappa shape index (κ2) is 7.41. The van der Waals surface area contributed by atoms with Gasteiger partial charge in [0.25, 0.3) is 5.69 Å². The molecule has 2 aromatic rings. The summed E-state index contributed by atoms with van der Waals surface area (Å²) in [7, 11) is 0. The van der Waals surface area contributed by atoms with E-state index >= 15 is 0 Å². The van der Waals surface area contributed by atoms with Crippen molar-refractivity contribution < 1.29 is 27.7 Å². The lowest BCUT2D eigenvalue weighted by atomic mass is 9.98. The number of fused-ring (bicyclic) bond motifs is 1. The van der Waals surface area contributed by atoms with E-state index in [2.05, 4.69) is 0 Å². The number of alkyl halides is 3. The molecule has 0 atom stereocenters. The fourth-order valence-electron chi connectivity index (χ4n) is 3.18. The molecule has 0 saturated carbocycles. The normalized spacial score (nSPS) is 13.6. The molecule has 2 N–H and O–H groups in total. The van der Waals surface area contributed by atoms with Gasteiger partial charge in [0.2, 0.25) is 0 Å². The number of hydrogen-bond acceptors (Lipinski definition) is 4. The van der Waals surface area contributed by atoms with Gasteiger partial charge in [0.1, 0.15) is 0 Å². The predicted octanol–water partition coefficient (Wildman–Crippen LogP) is 3.26. The van der Waals surface area contributed by atoms with Gasteiger partial charge in [-0.15, -0.1) is 0 Å². The number of hydrogen-bond donors (Lipinski definition) is 1. The molecule has 29 heavy (non-hydrogen) atoms. The summed E-state index contributed by atoms with van der Waals surface area (Å²) in [5.74, 6) is -1.93. The van der Waals surface area contributed by atoms with Crippen molar-refractivity contribution in [2.24, 2.45) is 5.73 Å². The number of nitro groups is 1. The molecule has 0 aliphatic carbocycles. The molecule has 11 heteroatoms. The minimum absolute atomic E-state index is 0.0743. The van der Waals surface area contributed by atoms with Crippen molar-refractivity contribution in [2.45, 2.75) is 19.1 Å². The minimum atomic E-state index is -4.97. The number of nitrogens with two attached hydrogens (primary N) is 1. The van der Waals surface area contributed by atoms with Gasteiger partial charge in [0.05, 0.1) is 16.3 Å². The number of rotatable bonds is 3. The largest absolute Gasteiger partial charge is 0.471 e. The number of halogens is 3. The molecule has 1 aliphatic rings. The van der Waals surface area contributed by atoms with Gasteiger partial charge in [-0.2, -0.15) is 13.2 Å². The monoisotopic (exact) mass is 408 g/mol. The van der Waals surface area contributed by atoms with Gasteiger partial charge in [-0.25, -0.2) is 4.79 Å². The van der Waals surface area contributed by atoms with Gasteiger partial charge >= 0.3 is 18.1 Å². The number of primary amides is 1. The van der Waals surface area contributed by atoms with Crippen molar-refractivity contribution in [3.05, 3.63) is 63.7 Å². The average molecular weight is 408 g/mol. The molecule has 152 valence electrons. The highest BCUT2D eigenvalue weighted by atomic mass is 19.4. The molecule has 8 nitrogen and oxygen atoms in total. The Morgan fingerprint density at radius 3 is 2.41 bits per heavy atom. The lowest BCUT2D eigenvalue weighted by Crippen LogP contribution is -2.43. The first-order valence-electron chi connectivity index (χ1n) is 8.40. The molecular formula is C18H15F3N4O4. The zero-order chi connectivity index (χ0) is 21.3. The maximum absolute atomic E-state index is 12.7. The van der Waals surface area contributed by atoms with Crippen molar-refractivity contribution in [3.63, 3.8) is 0 Å².